The maximum absolute atomic E-state index is 11.1. The number of hydrogen-bond donors (Lipinski definition) is 0. The number of thiophene rings is 1. The Morgan fingerprint density at radius 3 is 1.42 bits per heavy atom. The summed E-state index contributed by atoms with van der Waals surface area (Å²) in [6, 6.07) is 0. The Kier molecular flexibility index (Phi) is 5.24. The Morgan fingerprint density at radius 1 is 0.789 bits per heavy atom. The first-order chi connectivity index (χ1) is 9.07. The van der Waals surface area contributed by atoms with Crippen molar-refractivity contribution >= 4 is 23.6 Å². The zero-order valence-corrected chi connectivity index (χ0v) is 11.5. The first-order valence-electron chi connectivity index (χ1n) is 4.83. The molecule has 1 rings (SSSR count). The lowest BCUT2D eigenvalue weighted by atomic mass is 10.5. The van der Waals surface area contributed by atoms with Crippen LogP contribution in [0.2, 0.25) is 0 Å². The highest BCUT2D eigenvalue weighted by Crippen LogP contribution is 2.53. The molecule has 9 heteroatoms. The van der Waals surface area contributed by atoms with Crippen molar-refractivity contribution in [3.63, 3.8) is 0 Å². The van der Waals surface area contributed by atoms with Crippen LogP contribution in [0.15, 0.2) is 0 Å². The minimum Gasteiger partial charge on any atom is -0.489 e. The zero-order chi connectivity index (χ0) is 14.4. The summed E-state index contributed by atoms with van der Waals surface area (Å²) in [5.74, 6) is 0.216. The van der Waals surface area contributed by atoms with Gasteiger partial charge in [-0.3, -0.25) is 0 Å². The molecule has 0 unspecified atom stereocenters. The predicted octanol–water partition coefficient (Wildman–Crippen LogP) is 2.06. The Morgan fingerprint density at radius 2 is 1.16 bits per heavy atom. The standard InChI is InChI=1S/C10H12O8S/c1-13-5-6(14-2)8(18-10(12)16-4)19-7(5)17-9(11)15-3/h1-4H3. The third kappa shape index (κ3) is 3.41. The molecule has 0 bridgehead atoms. The van der Waals surface area contributed by atoms with E-state index >= 15 is 0 Å². The van der Waals surface area contributed by atoms with Gasteiger partial charge in [-0.15, -0.1) is 0 Å². The van der Waals surface area contributed by atoms with Crippen LogP contribution < -0.4 is 18.9 Å². The van der Waals surface area contributed by atoms with Crippen LogP contribution in [0, 0.1) is 0 Å². The molecule has 0 aliphatic carbocycles. The fraction of sp³-hybridized carbons (Fsp3) is 0.400. The summed E-state index contributed by atoms with van der Waals surface area (Å²) in [6.45, 7) is 0. The first-order valence-corrected chi connectivity index (χ1v) is 5.65. The molecular weight excluding hydrogens is 280 g/mol. The van der Waals surface area contributed by atoms with E-state index in [1.165, 1.54) is 14.2 Å². The lowest BCUT2D eigenvalue weighted by Crippen LogP contribution is -2.06. The summed E-state index contributed by atoms with van der Waals surface area (Å²) in [5.41, 5.74) is 0. The summed E-state index contributed by atoms with van der Waals surface area (Å²) >= 11 is 0.827. The van der Waals surface area contributed by atoms with Crippen molar-refractivity contribution in [2.45, 2.75) is 0 Å². The predicted molar refractivity (Wildman–Crippen MR) is 63.5 cm³/mol. The van der Waals surface area contributed by atoms with E-state index in [4.69, 9.17) is 18.9 Å². The first kappa shape index (κ1) is 14.9. The van der Waals surface area contributed by atoms with E-state index in [0.717, 1.165) is 25.6 Å². The average Bonchev–Trinajstić information content (AvgIpc) is 2.74. The summed E-state index contributed by atoms with van der Waals surface area (Å²) in [6.07, 6.45) is -1.88. The van der Waals surface area contributed by atoms with E-state index in [2.05, 4.69) is 9.47 Å². The van der Waals surface area contributed by atoms with Gasteiger partial charge in [0.05, 0.1) is 28.4 Å². The molecule has 1 aromatic rings. The second-order valence-electron chi connectivity index (χ2n) is 2.86. The SMILES string of the molecule is COC(=O)Oc1sc(OC(=O)OC)c(OC)c1OC. The van der Waals surface area contributed by atoms with Gasteiger partial charge in [0.25, 0.3) is 0 Å². The number of hydrogen-bond acceptors (Lipinski definition) is 9. The van der Waals surface area contributed by atoms with Crippen molar-refractivity contribution in [2.24, 2.45) is 0 Å². The largest absolute Gasteiger partial charge is 0.514 e. The Balaban J connectivity index is 3.10. The second kappa shape index (κ2) is 6.69. The van der Waals surface area contributed by atoms with Crippen molar-refractivity contribution in [1.82, 2.24) is 0 Å². The summed E-state index contributed by atoms with van der Waals surface area (Å²) in [4.78, 5) is 22.1. The van der Waals surface area contributed by atoms with Crippen LogP contribution >= 0.6 is 11.3 Å². The van der Waals surface area contributed by atoms with Crippen molar-refractivity contribution in [1.29, 1.82) is 0 Å². The molecule has 0 aromatic carbocycles. The van der Waals surface area contributed by atoms with Gasteiger partial charge in [-0.25, -0.2) is 9.59 Å². The Hall–Kier alpha value is -2.16. The van der Waals surface area contributed by atoms with Gasteiger partial charge in [0.15, 0.2) is 0 Å². The summed E-state index contributed by atoms with van der Waals surface area (Å²) < 4.78 is 28.5. The molecule has 0 saturated carbocycles. The van der Waals surface area contributed by atoms with E-state index in [-0.39, 0.29) is 21.6 Å². The lowest BCUT2D eigenvalue weighted by molar-refractivity contribution is 0.120. The molecule has 0 saturated heterocycles. The van der Waals surface area contributed by atoms with Crippen LogP contribution in [0.3, 0.4) is 0 Å². The highest BCUT2D eigenvalue weighted by Gasteiger charge is 2.26. The van der Waals surface area contributed by atoms with Crippen molar-refractivity contribution in [3.8, 4) is 21.6 Å². The van der Waals surface area contributed by atoms with Crippen LogP contribution in [0.25, 0.3) is 0 Å². The van der Waals surface area contributed by atoms with Crippen molar-refractivity contribution in [3.05, 3.63) is 0 Å². The highest BCUT2D eigenvalue weighted by atomic mass is 32.1. The number of ether oxygens (including phenoxy) is 6. The normalized spacial score (nSPS) is 9.47. The van der Waals surface area contributed by atoms with Gasteiger partial charge in [-0.2, -0.15) is 0 Å². The minimum absolute atomic E-state index is 0.0325. The molecule has 1 heterocycles. The van der Waals surface area contributed by atoms with Crippen LogP contribution in [-0.4, -0.2) is 40.7 Å². The molecule has 0 aliphatic rings. The highest BCUT2D eigenvalue weighted by molar-refractivity contribution is 7.16. The van der Waals surface area contributed by atoms with Gasteiger partial charge in [-0.1, -0.05) is 11.3 Å². The Bertz CT molecular complexity index is 426. The van der Waals surface area contributed by atoms with Gasteiger partial charge in [0.1, 0.15) is 0 Å². The third-order valence-electron chi connectivity index (χ3n) is 1.86. The van der Waals surface area contributed by atoms with Crippen LogP contribution in [0.4, 0.5) is 9.59 Å². The number of rotatable bonds is 4. The molecular formula is C10H12O8S. The van der Waals surface area contributed by atoms with E-state index in [1.54, 1.807) is 0 Å². The van der Waals surface area contributed by atoms with Crippen LogP contribution in [0.5, 0.6) is 21.6 Å². The van der Waals surface area contributed by atoms with Crippen molar-refractivity contribution < 1.29 is 38.0 Å². The molecule has 0 spiro atoms. The van der Waals surface area contributed by atoms with E-state index in [1.807, 2.05) is 0 Å². The van der Waals surface area contributed by atoms with Gasteiger partial charge in [0, 0.05) is 0 Å². The van der Waals surface area contributed by atoms with Gasteiger partial charge in [-0.05, 0) is 0 Å². The second-order valence-corrected chi connectivity index (χ2v) is 3.80. The molecule has 19 heavy (non-hydrogen) atoms. The molecule has 0 radical (unpaired) electrons. The molecule has 0 atom stereocenters. The summed E-state index contributed by atoms with van der Waals surface area (Å²) in [7, 11) is 5.00. The molecule has 0 aliphatic heterocycles. The maximum atomic E-state index is 11.1. The number of carbonyl (C=O) groups is 2. The van der Waals surface area contributed by atoms with Crippen LogP contribution in [-0.2, 0) is 9.47 Å². The molecule has 0 amide bonds. The van der Waals surface area contributed by atoms with Crippen LogP contribution in [0.1, 0.15) is 0 Å². The molecule has 106 valence electrons. The number of carbonyl (C=O) groups excluding carboxylic acids is 2. The minimum atomic E-state index is -0.938. The molecule has 0 N–H and O–H groups in total. The quantitative estimate of drug-likeness (QED) is 0.779. The molecule has 1 aromatic heterocycles. The molecule has 0 fully saturated rings. The van der Waals surface area contributed by atoms with Crippen molar-refractivity contribution in [2.75, 3.05) is 28.4 Å². The lowest BCUT2D eigenvalue weighted by Gasteiger charge is -2.05. The number of methoxy groups -OCH3 is 4. The van der Waals surface area contributed by atoms with Gasteiger partial charge in [0.2, 0.25) is 21.6 Å². The third-order valence-corrected chi connectivity index (χ3v) is 2.76. The monoisotopic (exact) mass is 292 g/mol. The van der Waals surface area contributed by atoms with Gasteiger partial charge < -0.3 is 28.4 Å². The Labute approximate surface area is 112 Å². The zero-order valence-electron chi connectivity index (χ0n) is 10.7. The average molecular weight is 292 g/mol. The topological polar surface area (TPSA) is 89.5 Å². The summed E-state index contributed by atoms with van der Waals surface area (Å²) in [5, 5.41) is 0.0650. The van der Waals surface area contributed by atoms with E-state index < -0.39 is 12.3 Å². The fourth-order valence-corrected chi connectivity index (χ4v) is 2.01. The maximum Gasteiger partial charge on any atom is 0.514 e. The molecule has 8 nitrogen and oxygen atoms in total. The van der Waals surface area contributed by atoms with E-state index in [0.29, 0.717) is 0 Å². The van der Waals surface area contributed by atoms with E-state index in [9.17, 15) is 9.59 Å². The fourth-order valence-electron chi connectivity index (χ4n) is 1.08. The van der Waals surface area contributed by atoms with Gasteiger partial charge >= 0.3 is 12.3 Å². The smallest absolute Gasteiger partial charge is 0.489 e.